The van der Waals surface area contributed by atoms with Gasteiger partial charge in [0.15, 0.2) is 0 Å². The molecule has 0 heterocycles. The zero-order valence-corrected chi connectivity index (χ0v) is 11.6. The van der Waals surface area contributed by atoms with Gasteiger partial charge in [-0.05, 0) is 48.7 Å². The topological polar surface area (TPSA) is 12.0 Å². The van der Waals surface area contributed by atoms with E-state index in [1.807, 2.05) is 19.1 Å². The molecule has 0 aromatic heterocycles. The molecule has 0 bridgehead atoms. The van der Waals surface area contributed by atoms with Gasteiger partial charge >= 0.3 is 0 Å². The molecular formula is C17H19F2N. The van der Waals surface area contributed by atoms with E-state index in [-0.39, 0.29) is 17.7 Å². The van der Waals surface area contributed by atoms with E-state index >= 15 is 0 Å². The van der Waals surface area contributed by atoms with E-state index in [0.717, 1.165) is 12.1 Å². The maximum atomic E-state index is 13.7. The molecule has 20 heavy (non-hydrogen) atoms. The molecule has 1 atom stereocenters. The van der Waals surface area contributed by atoms with E-state index in [2.05, 4.69) is 5.32 Å². The molecule has 2 rings (SSSR count). The summed E-state index contributed by atoms with van der Waals surface area (Å²) in [6, 6.07) is 13.5. The Bertz CT molecular complexity index is 554. The average Bonchev–Trinajstić information content (AvgIpc) is 2.42. The first-order valence-electron chi connectivity index (χ1n) is 6.90. The van der Waals surface area contributed by atoms with Crippen molar-refractivity contribution in [1.29, 1.82) is 0 Å². The summed E-state index contributed by atoms with van der Waals surface area (Å²) in [4.78, 5) is 0. The summed E-state index contributed by atoms with van der Waals surface area (Å²) in [5.74, 6) is -0.418. The second-order valence-electron chi connectivity index (χ2n) is 4.88. The minimum absolute atomic E-state index is 0.0960. The van der Waals surface area contributed by atoms with Gasteiger partial charge in [-0.2, -0.15) is 0 Å². The van der Waals surface area contributed by atoms with Crippen LogP contribution in [0.15, 0.2) is 48.5 Å². The summed E-state index contributed by atoms with van der Waals surface area (Å²) in [6.07, 6.45) is 1.27. The van der Waals surface area contributed by atoms with Gasteiger partial charge in [0.1, 0.15) is 11.6 Å². The molecule has 2 aromatic rings. The first-order chi connectivity index (χ1) is 9.69. The van der Waals surface area contributed by atoms with Gasteiger partial charge in [0.2, 0.25) is 0 Å². The van der Waals surface area contributed by atoms with Gasteiger partial charge in [-0.1, -0.05) is 37.3 Å². The molecule has 0 aliphatic heterocycles. The van der Waals surface area contributed by atoms with E-state index in [9.17, 15) is 8.78 Å². The minimum atomic E-state index is -0.233. The molecular weight excluding hydrogens is 256 g/mol. The predicted molar refractivity (Wildman–Crippen MR) is 77.7 cm³/mol. The van der Waals surface area contributed by atoms with Crippen molar-refractivity contribution in [3.8, 4) is 0 Å². The molecule has 0 radical (unpaired) electrons. The highest BCUT2D eigenvalue weighted by Gasteiger charge is 2.12. The van der Waals surface area contributed by atoms with Crippen molar-refractivity contribution >= 4 is 0 Å². The molecule has 3 heteroatoms. The van der Waals surface area contributed by atoms with Crippen molar-refractivity contribution < 1.29 is 8.78 Å². The Kier molecular flexibility index (Phi) is 5.24. The van der Waals surface area contributed by atoms with Crippen LogP contribution in [0, 0.1) is 11.6 Å². The maximum absolute atomic E-state index is 13.7. The molecule has 1 N–H and O–H groups in total. The van der Waals surface area contributed by atoms with Gasteiger partial charge in [0.05, 0.1) is 0 Å². The molecule has 106 valence electrons. The van der Waals surface area contributed by atoms with Crippen LogP contribution in [-0.4, -0.2) is 12.6 Å². The zero-order chi connectivity index (χ0) is 14.4. The number of rotatable bonds is 6. The van der Waals surface area contributed by atoms with Crippen molar-refractivity contribution in [1.82, 2.24) is 5.32 Å². The normalized spacial score (nSPS) is 12.3. The lowest BCUT2D eigenvalue weighted by molar-refractivity contribution is 0.504. The van der Waals surface area contributed by atoms with Crippen LogP contribution in [0.2, 0.25) is 0 Å². The van der Waals surface area contributed by atoms with Gasteiger partial charge < -0.3 is 5.32 Å². The molecule has 1 unspecified atom stereocenters. The number of hydrogen-bond acceptors (Lipinski definition) is 1. The van der Waals surface area contributed by atoms with Crippen LogP contribution in [0.5, 0.6) is 0 Å². The lowest BCUT2D eigenvalue weighted by Crippen LogP contribution is -2.33. The van der Waals surface area contributed by atoms with Crippen LogP contribution in [0.25, 0.3) is 0 Å². The second kappa shape index (κ2) is 7.15. The maximum Gasteiger partial charge on any atom is 0.126 e. The fourth-order valence-corrected chi connectivity index (χ4v) is 2.38. The highest BCUT2D eigenvalue weighted by Crippen LogP contribution is 2.13. The van der Waals surface area contributed by atoms with Crippen LogP contribution in [-0.2, 0) is 12.8 Å². The highest BCUT2D eigenvalue weighted by atomic mass is 19.1. The monoisotopic (exact) mass is 275 g/mol. The molecule has 0 aliphatic rings. The Labute approximate surface area is 118 Å². The smallest absolute Gasteiger partial charge is 0.126 e. The van der Waals surface area contributed by atoms with Crippen LogP contribution in [0.1, 0.15) is 18.1 Å². The number of likely N-dealkylation sites (N-methyl/N-ethyl adjacent to an activating group) is 1. The fourth-order valence-electron chi connectivity index (χ4n) is 2.38. The quantitative estimate of drug-likeness (QED) is 0.847. The predicted octanol–water partition coefficient (Wildman–Crippen LogP) is 3.73. The third kappa shape index (κ3) is 4.14. The lowest BCUT2D eigenvalue weighted by atomic mass is 9.98. The summed E-state index contributed by atoms with van der Waals surface area (Å²) in [6.45, 7) is 2.81. The van der Waals surface area contributed by atoms with Crippen molar-refractivity contribution in [2.45, 2.75) is 25.8 Å². The molecule has 0 fully saturated rings. The first-order valence-corrected chi connectivity index (χ1v) is 6.90. The fraction of sp³-hybridized carbons (Fsp3) is 0.294. The largest absolute Gasteiger partial charge is 0.314 e. The Morgan fingerprint density at radius 3 is 2.50 bits per heavy atom. The molecule has 0 spiro atoms. The molecule has 0 saturated heterocycles. The molecule has 2 aromatic carbocycles. The van der Waals surface area contributed by atoms with E-state index in [4.69, 9.17) is 0 Å². The van der Waals surface area contributed by atoms with Crippen molar-refractivity contribution in [2.75, 3.05) is 6.54 Å². The van der Waals surface area contributed by atoms with Crippen molar-refractivity contribution in [3.63, 3.8) is 0 Å². The number of halogens is 2. The first kappa shape index (κ1) is 14.7. The zero-order valence-electron chi connectivity index (χ0n) is 11.6. The number of hydrogen-bond donors (Lipinski definition) is 1. The SMILES string of the molecule is CCNC(Cc1cccc(F)c1)Cc1ccccc1F. The Hall–Kier alpha value is -1.74. The molecule has 0 saturated carbocycles. The molecule has 0 aliphatic carbocycles. The second-order valence-corrected chi connectivity index (χ2v) is 4.88. The van der Waals surface area contributed by atoms with Crippen LogP contribution in [0.4, 0.5) is 8.78 Å². The van der Waals surface area contributed by atoms with E-state index < -0.39 is 0 Å². The Morgan fingerprint density at radius 2 is 1.80 bits per heavy atom. The molecule has 1 nitrogen and oxygen atoms in total. The summed E-state index contributed by atoms with van der Waals surface area (Å²) in [5, 5.41) is 3.34. The van der Waals surface area contributed by atoms with Crippen LogP contribution >= 0.6 is 0 Å². The highest BCUT2D eigenvalue weighted by molar-refractivity contribution is 5.21. The van der Waals surface area contributed by atoms with E-state index in [0.29, 0.717) is 18.4 Å². The van der Waals surface area contributed by atoms with E-state index in [1.54, 1.807) is 18.2 Å². The summed E-state index contributed by atoms with van der Waals surface area (Å²) >= 11 is 0. The van der Waals surface area contributed by atoms with E-state index in [1.165, 1.54) is 18.2 Å². The van der Waals surface area contributed by atoms with Gasteiger partial charge in [0, 0.05) is 6.04 Å². The minimum Gasteiger partial charge on any atom is -0.314 e. The average molecular weight is 275 g/mol. The van der Waals surface area contributed by atoms with Crippen molar-refractivity contribution in [2.24, 2.45) is 0 Å². The van der Waals surface area contributed by atoms with Gasteiger partial charge in [-0.3, -0.25) is 0 Å². The van der Waals surface area contributed by atoms with Gasteiger partial charge in [-0.25, -0.2) is 8.78 Å². The standard InChI is InChI=1S/C17H19F2N/c1-2-20-16(11-13-6-5-8-15(18)10-13)12-14-7-3-4-9-17(14)19/h3-10,16,20H,2,11-12H2,1H3. The van der Waals surface area contributed by atoms with Crippen LogP contribution < -0.4 is 5.32 Å². The Morgan fingerprint density at radius 1 is 1.00 bits per heavy atom. The summed E-state index contributed by atoms with van der Waals surface area (Å²) in [7, 11) is 0. The third-order valence-electron chi connectivity index (χ3n) is 3.29. The number of benzene rings is 2. The molecule has 0 amide bonds. The van der Waals surface area contributed by atoms with Crippen molar-refractivity contribution in [3.05, 3.63) is 71.3 Å². The Balaban J connectivity index is 2.09. The summed E-state index contributed by atoms with van der Waals surface area (Å²) < 4.78 is 26.9. The summed E-state index contributed by atoms with van der Waals surface area (Å²) in [5.41, 5.74) is 1.61. The third-order valence-corrected chi connectivity index (χ3v) is 3.29. The lowest BCUT2D eigenvalue weighted by Gasteiger charge is -2.18. The van der Waals surface area contributed by atoms with Gasteiger partial charge in [0.25, 0.3) is 0 Å². The van der Waals surface area contributed by atoms with Crippen LogP contribution in [0.3, 0.4) is 0 Å². The van der Waals surface area contributed by atoms with Gasteiger partial charge in [-0.15, -0.1) is 0 Å². The number of nitrogens with one attached hydrogen (secondary N) is 1.